The standard InChI is InChI=1S/C17H17NO3/c1-2-11-21-15-10-6-4-8-13(15)17(20)12-7-3-5-9-14(12)18-16(17)19/h3-10,20H,2,11H2,1H3,(H,18,19). The van der Waals surface area contributed by atoms with E-state index in [1.807, 2.05) is 19.1 Å². The molecule has 0 aromatic heterocycles. The maximum Gasteiger partial charge on any atom is 0.266 e. The molecule has 2 aromatic carbocycles. The molecule has 2 aromatic rings. The van der Waals surface area contributed by atoms with Gasteiger partial charge in [-0.2, -0.15) is 0 Å². The minimum atomic E-state index is -1.71. The summed E-state index contributed by atoms with van der Waals surface area (Å²) in [4.78, 5) is 12.4. The van der Waals surface area contributed by atoms with Crippen LogP contribution in [0.5, 0.6) is 5.75 Å². The summed E-state index contributed by atoms with van der Waals surface area (Å²) >= 11 is 0. The van der Waals surface area contributed by atoms with Gasteiger partial charge in [-0.3, -0.25) is 4.79 Å². The van der Waals surface area contributed by atoms with Crippen molar-refractivity contribution in [2.45, 2.75) is 18.9 Å². The summed E-state index contributed by atoms with van der Waals surface area (Å²) in [6.45, 7) is 2.55. The molecular weight excluding hydrogens is 266 g/mol. The molecule has 0 radical (unpaired) electrons. The van der Waals surface area contributed by atoms with Gasteiger partial charge < -0.3 is 15.2 Å². The zero-order valence-corrected chi connectivity index (χ0v) is 11.8. The number of benzene rings is 2. The summed E-state index contributed by atoms with van der Waals surface area (Å²) in [7, 11) is 0. The third-order valence-electron chi connectivity index (χ3n) is 3.63. The van der Waals surface area contributed by atoms with Crippen LogP contribution in [0.25, 0.3) is 0 Å². The first kappa shape index (κ1) is 13.6. The molecule has 0 aliphatic carbocycles. The summed E-state index contributed by atoms with van der Waals surface area (Å²) in [5.41, 5.74) is -0.0419. The maximum absolute atomic E-state index is 12.4. The molecule has 4 heteroatoms. The Kier molecular flexibility index (Phi) is 3.39. The van der Waals surface area contributed by atoms with Crippen LogP contribution in [0.4, 0.5) is 5.69 Å². The molecule has 1 heterocycles. The molecule has 0 saturated heterocycles. The average Bonchev–Trinajstić information content (AvgIpc) is 2.78. The molecule has 1 aliphatic heterocycles. The van der Waals surface area contributed by atoms with Gasteiger partial charge in [0.15, 0.2) is 5.60 Å². The lowest BCUT2D eigenvalue weighted by molar-refractivity contribution is -0.129. The third kappa shape index (κ3) is 2.08. The van der Waals surface area contributed by atoms with E-state index in [-0.39, 0.29) is 0 Å². The fourth-order valence-corrected chi connectivity index (χ4v) is 2.61. The molecule has 1 aliphatic rings. The van der Waals surface area contributed by atoms with E-state index in [4.69, 9.17) is 4.74 Å². The molecule has 0 fully saturated rings. The number of anilines is 1. The topological polar surface area (TPSA) is 58.6 Å². The lowest BCUT2D eigenvalue weighted by atomic mass is 9.87. The number of fused-ring (bicyclic) bond motifs is 1. The Morgan fingerprint density at radius 3 is 2.52 bits per heavy atom. The Morgan fingerprint density at radius 1 is 1.10 bits per heavy atom. The summed E-state index contributed by atoms with van der Waals surface area (Å²) in [6, 6.07) is 14.3. The molecule has 0 spiro atoms. The number of nitrogens with one attached hydrogen (secondary N) is 1. The van der Waals surface area contributed by atoms with E-state index in [9.17, 15) is 9.90 Å². The number of hydrogen-bond donors (Lipinski definition) is 2. The summed E-state index contributed by atoms with van der Waals surface area (Å²) in [6.07, 6.45) is 0.857. The van der Waals surface area contributed by atoms with Crippen molar-refractivity contribution >= 4 is 11.6 Å². The molecular formula is C17H17NO3. The van der Waals surface area contributed by atoms with Crippen molar-refractivity contribution in [1.29, 1.82) is 0 Å². The smallest absolute Gasteiger partial charge is 0.266 e. The molecule has 1 amide bonds. The van der Waals surface area contributed by atoms with Crippen LogP contribution >= 0.6 is 0 Å². The first-order valence-corrected chi connectivity index (χ1v) is 7.03. The zero-order chi connectivity index (χ0) is 14.9. The predicted octanol–water partition coefficient (Wildman–Crippen LogP) is 2.66. The molecule has 3 rings (SSSR count). The minimum Gasteiger partial charge on any atom is -0.493 e. The SMILES string of the molecule is CCCOc1ccccc1C1(O)C(=O)Nc2ccccc21. The second-order valence-electron chi connectivity index (χ2n) is 5.05. The number of aliphatic hydroxyl groups is 1. The second kappa shape index (κ2) is 5.22. The van der Waals surface area contributed by atoms with Gasteiger partial charge in [-0.15, -0.1) is 0 Å². The Morgan fingerprint density at radius 2 is 1.76 bits per heavy atom. The maximum atomic E-state index is 12.4. The lowest BCUT2D eigenvalue weighted by Crippen LogP contribution is -2.35. The van der Waals surface area contributed by atoms with Gasteiger partial charge in [-0.05, 0) is 18.6 Å². The number of para-hydroxylation sites is 2. The number of hydrogen-bond acceptors (Lipinski definition) is 3. The summed E-state index contributed by atoms with van der Waals surface area (Å²) in [5.74, 6) is 0.0879. The van der Waals surface area contributed by atoms with Crippen LogP contribution < -0.4 is 10.1 Å². The van der Waals surface area contributed by atoms with Gasteiger partial charge in [0.25, 0.3) is 5.91 Å². The fraction of sp³-hybridized carbons (Fsp3) is 0.235. The van der Waals surface area contributed by atoms with Crippen molar-refractivity contribution in [3.8, 4) is 5.75 Å². The van der Waals surface area contributed by atoms with Gasteiger partial charge in [0, 0.05) is 16.8 Å². The normalized spacial score (nSPS) is 20.0. The Labute approximate surface area is 123 Å². The van der Waals surface area contributed by atoms with E-state index in [0.717, 1.165) is 6.42 Å². The van der Waals surface area contributed by atoms with Crippen LogP contribution in [-0.2, 0) is 10.4 Å². The fourth-order valence-electron chi connectivity index (χ4n) is 2.61. The summed E-state index contributed by atoms with van der Waals surface area (Å²) < 4.78 is 5.69. The van der Waals surface area contributed by atoms with Crippen LogP contribution in [0.15, 0.2) is 48.5 Å². The number of ether oxygens (including phenoxy) is 1. The van der Waals surface area contributed by atoms with E-state index in [0.29, 0.717) is 29.2 Å². The minimum absolute atomic E-state index is 0.448. The molecule has 0 saturated carbocycles. The molecule has 2 N–H and O–H groups in total. The highest BCUT2D eigenvalue weighted by atomic mass is 16.5. The highest BCUT2D eigenvalue weighted by Crippen LogP contribution is 2.43. The molecule has 0 bridgehead atoms. The third-order valence-corrected chi connectivity index (χ3v) is 3.63. The Bertz CT molecular complexity index is 683. The monoisotopic (exact) mass is 283 g/mol. The van der Waals surface area contributed by atoms with E-state index < -0.39 is 11.5 Å². The molecule has 21 heavy (non-hydrogen) atoms. The number of carbonyl (C=O) groups is 1. The Hall–Kier alpha value is -2.33. The van der Waals surface area contributed by atoms with Gasteiger partial charge in [0.1, 0.15) is 5.75 Å². The van der Waals surface area contributed by atoms with E-state index in [1.54, 1.807) is 36.4 Å². The quantitative estimate of drug-likeness (QED) is 0.907. The van der Waals surface area contributed by atoms with Gasteiger partial charge in [0.2, 0.25) is 0 Å². The van der Waals surface area contributed by atoms with Crippen LogP contribution in [-0.4, -0.2) is 17.6 Å². The van der Waals surface area contributed by atoms with Crippen molar-refractivity contribution in [1.82, 2.24) is 0 Å². The summed E-state index contributed by atoms with van der Waals surface area (Å²) in [5, 5.41) is 13.8. The molecule has 1 atom stereocenters. The lowest BCUT2D eigenvalue weighted by Gasteiger charge is -2.24. The van der Waals surface area contributed by atoms with Crippen molar-refractivity contribution in [3.63, 3.8) is 0 Å². The van der Waals surface area contributed by atoms with Gasteiger partial charge >= 0.3 is 0 Å². The van der Waals surface area contributed by atoms with Gasteiger partial charge in [0.05, 0.1) is 6.61 Å². The number of rotatable bonds is 4. The van der Waals surface area contributed by atoms with Crippen molar-refractivity contribution in [2.24, 2.45) is 0 Å². The predicted molar refractivity (Wildman–Crippen MR) is 80.3 cm³/mol. The van der Waals surface area contributed by atoms with Gasteiger partial charge in [-0.1, -0.05) is 43.3 Å². The van der Waals surface area contributed by atoms with Crippen LogP contribution in [0.3, 0.4) is 0 Å². The Balaban J connectivity index is 2.13. The highest BCUT2D eigenvalue weighted by molar-refractivity contribution is 6.07. The van der Waals surface area contributed by atoms with Crippen molar-refractivity contribution in [2.75, 3.05) is 11.9 Å². The van der Waals surface area contributed by atoms with Crippen molar-refractivity contribution < 1.29 is 14.6 Å². The van der Waals surface area contributed by atoms with E-state index in [1.165, 1.54) is 0 Å². The molecule has 1 unspecified atom stereocenters. The number of carbonyl (C=O) groups excluding carboxylic acids is 1. The zero-order valence-electron chi connectivity index (χ0n) is 11.8. The first-order valence-electron chi connectivity index (χ1n) is 7.03. The van der Waals surface area contributed by atoms with Crippen LogP contribution in [0, 0.1) is 0 Å². The molecule has 108 valence electrons. The average molecular weight is 283 g/mol. The van der Waals surface area contributed by atoms with Crippen molar-refractivity contribution in [3.05, 3.63) is 59.7 Å². The van der Waals surface area contributed by atoms with Gasteiger partial charge in [-0.25, -0.2) is 0 Å². The largest absolute Gasteiger partial charge is 0.493 e. The number of amides is 1. The van der Waals surface area contributed by atoms with E-state index in [2.05, 4.69) is 5.32 Å². The van der Waals surface area contributed by atoms with Crippen LogP contribution in [0.1, 0.15) is 24.5 Å². The molecule has 4 nitrogen and oxygen atoms in total. The van der Waals surface area contributed by atoms with Crippen LogP contribution in [0.2, 0.25) is 0 Å². The highest BCUT2D eigenvalue weighted by Gasteiger charge is 2.48. The van der Waals surface area contributed by atoms with E-state index >= 15 is 0 Å². The first-order chi connectivity index (χ1) is 10.2. The second-order valence-corrected chi connectivity index (χ2v) is 5.05.